The Morgan fingerprint density at radius 1 is 1.21 bits per heavy atom. The fourth-order valence-electron chi connectivity index (χ4n) is 2.95. The molecule has 2 saturated heterocycles. The van der Waals surface area contributed by atoms with Gasteiger partial charge in [0.05, 0.1) is 0 Å². The van der Waals surface area contributed by atoms with E-state index in [-0.39, 0.29) is 17.8 Å². The number of hydrogen-bond acceptors (Lipinski definition) is 1. The van der Waals surface area contributed by atoms with Crippen LogP contribution in [0.15, 0.2) is 24.3 Å². The number of nitrogens with zero attached hydrogens (tertiary/aromatic N) is 2. The standard InChI is InChI=1S/C15H19FN2O/c1-11-6-7-17(8-11)15(19)18-9-12(10-18)13-4-2-3-5-14(13)16/h2-5,11-12H,6-10H2,1H3. The maximum Gasteiger partial charge on any atom is 0.320 e. The molecule has 4 heteroatoms. The van der Waals surface area contributed by atoms with Crippen molar-refractivity contribution >= 4 is 6.03 Å². The second kappa shape index (κ2) is 4.83. The molecule has 1 aromatic rings. The maximum atomic E-state index is 13.6. The summed E-state index contributed by atoms with van der Waals surface area (Å²) in [6.45, 7) is 5.18. The number of rotatable bonds is 1. The number of urea groups is 1. The van der Waals surface area contributed by atoms with E-state index in [0.717, 1.165) is 25.1 Å². The zero-order valence-corrected chi connectivity index (χ0v) is 11.2. The summed E-state index contributed by atoms with van der Waals surface area (Å²) >= 11 is 0. The van der Waals surface area contributed by atoms with Crippen LogP contribution >= 0.6 is 0 Å². The van der Waals surface area contributed by atoms with Gasteiger partial charge in [-0.25, -0.2) is 9.18 Å². The van der Waals surface area contributed by atoms with Crippen LogP contribution < -0.4 is 0 Å². The van der Waals surface area contributed by atoms with Crippen molar-refractivity contribution in [2.75, 3.05) is 26.2 Å². The van der Waals surface area contributed by atoms with Gasteiger partial charge in [-0.1, -0.05) is 25.1 Å². The Hall–Kier alpha value is -1.58. The zero-order valence-electron chi connectivity index (χ0n) is 11.2. The van der Waals surface area contributed by atoms with Gasteiger partial charge in [-0.3, -0.25) is 0 Å². The van der Waals surface area contributed by atoms with Crippen molar-refractivity contribution in [1.29, 1.82) is 0 Å². The van der Waals surface area contributed by atoms with E-state index in [1.807, 2.05) is 21.9 Å². The van der Waals surface area contributed by atoms with E-state index in [4.69, 9.17) is 0 Å². The highest BCUT2D eigenvalue weighted by Gasteiger charge is 2.36. The summed E-state index contributed by atoms with van der Waals surface area (Å²) in [6, 6.07) is 6.98. The Morgan fingerprint density at radius 3 is 2.58 bits per heavy atom. The third-order valence-corrected chi connectivity index (χ3v) is 4.19. The van der Waals surface area contributed by atoms with Crippen LogP contribution in [0, 0.1) is 11.7 Å². The smallest absolute Gasteiger partial charge is 0.320 e. The van der Waals surface area contributed by atoms with Gasteiger partial charge in [0.1, 0.15) is 5.82 Å². The zero-order chi connectivity index (χ0) is 13.4. The molecule has 19 heavy (non-hydrogen) atoms. The average Bonchev–Trinajstić information content (AvgIpc) is 2.76. The van der Waals surface area contributed by atoms with E-state index in [1.54, 1.807) is 6.07 Å². The van der Waals surface area contributed by atoms with Crippen LogP contribution in [0.2, 0.25) is 0 Å². The molecule has 0 aromatic heterocycles. The lowest BCUT2D eigenvalue weighted by Crippen LogP contribution is -2.53. The lowest BCUT2D eigenvalue weighted by Gasteiger charge is -2.41. The van der Waals surface area contributed by atoms with Crippen LogP contribution in [0.4, 0.5) is 9.18 Å². The van der Waals surface area contributed by atoms with Gasteiger partial charge in [-0.05, 0) is 24.0 Å². The lowest BCUT2D eigenvalue weighted by atomic mass is 9.91. The van der Waals surface area contributed by atoms with Gasteiger partial charge in [0, 0.05) is 32.1 Å². The van der Waals surface area contributed by atoms with Crippen LogP contribution in [0.1, 0.15) is 24.8 Å². The molecule has 2 aliphatic rings. The molecular formula is C15H19FN2O. The highest BCUT2D eigenvalue weighted by molar-refractivity contribution is 5.76. The number of amides is 2. The van der Waals surface area contributed by atoms with E-state index in [1.165, 1.54) is 6.07 Å². The highest BCUT2D eigenvalue weighted by Crippen LogP contribution is 2.30. The molecule has 0 aliphatic carbocycles. The number of carbonyl (C=O) groups is 1. The van der Waals surface area contributed by atoms with Crippen LogP contribution in [0.3, 0.4) is 0 Å². The first kappa shape index (κ1) is 12.5. The summed E-state index contributed by atoms with van der Waals surface area (Å²) in [4.78, 5) is 15.9. The van der Waals surface area contributed by atoms with Gasteiger partial charge in [-0.15, -0.1) is 0 Å². The molecule has 0 spiro atoms. The maximum absolute atomic E-state index is 13.6. The van der Waals surface area contributed by atoms with Crippen molar-refractivity contribution in [3.8, 4) is 0 Å². The first-order valence-electron chi connectivity index (χ1n) is 6.93. The van der Waals surface area contributed by atoms with Gasteiger partial charge in [0.15, 0.2) is 0 Å². The summed E-state index contributed by atoms with van der Waals surface area (Å²) in [5.41, 5.74) is 0.737. The molecule has 0 bridgehead atoms. The SMILES string of the molecule is CC1CCN(C(=O)N2CC(c3ccccc3F)C2)C1. The van der Waals surface area contributed by atoms with Gasteiger partial charge < -0.3 is 9.80 Å². The minimum atomic E-state index is -0.158. The predicted octanol–water partition coefficient (Wildman–Crippen LogP) is 2.69. The molecule has 3 rings (SSSR count). The lowest BCUT2D eigenvalue weighted by molar-refractivity contribution is 0.119. The minimum absolute atomic E-state index is 0.122. The molecule has 2 aliphatic heterocycles. The number of halogens is 1. The van der Waals surface area contributed by atoms with Crippen LogP contribution in [-0.2, 0) is 0 Å². The van der Waals surface area contributed by atoms with Crippen molar-refractivity contribution in [1.82, 2.24) is 9.80 Å². The van der Waals surface area contributed by atoms with Crippen LogP contribution in [-0.4, -0.2) is 42.0 Å². The first-order valence-corrected chi connectivity index (χ1v) is 6.93. The molecule has 2 fully saturated rings. The summed E-state index contributed by atoms with van der Waals surface area (Å²) in [6.07, 6.45) is 1.09. The van der Waals surface area contributed by atoms with Gasteiger partial charge >= 0.3 is 6.03 Å². The molecule has 1 aromatic carbocycles. The molecule has 1 atom stereocenters. The Labute approximate surface area is 113 Å². The molecule has 1 unspecified atom stereocenters. The quantitative estimate of drug-likeness (QED) is 0.763. The number of benzene rings is 1. The van der Waals surface area contributed by atoms with E-state index >= 15 is 0 Å². The highest BCUT2D eigenvalue weighted by atomic mass is 19.1. The van der Waals surface area contributed by atoms with E-state index in [0.29, 0.717) is 19.0 Å². The predicted molar refractivity (Wildman–Crippen MR) is 71.5 cm³/mol. The molecule has 0 radical (unpaired) electrons. The van der Waals surface area contributed by atoms with Crippen LogP contribution in [0.25, 0.3) is 0 Å². The Bertz CT molecular complexity index is 485. The summed E-state index contributed by atoms with van der Waals surface area (Å²) in [5.74, 6) is 0.604. The fraction of sp³-hybridized carbons (Fsp3) is 0.533. The van der Waals surface area contributed by atoms with Crippen molar-refractivity contribution < 1.29 is 9.18 Å². The van der Waals surface area contributed by atoms with Crippen molar-refractivity contribution in [2.24, 2.45) is 5.92 Å². The molecular weight excluding hydrogens is 243 g/mol. The normalized spacial score (nSPS) is 23.6. The second-order valence-electron chi connectivity index (χ2n) is 5.75. The van der Waals surface area contributed by atoms with E-state index in [2.05, 4.69) is 6.92 Å². The van der Waals surface area contributed by atoms with Gasteiger partial charge in [-0.2, -0.15) is 0 Å². The molecule has 0 N–H and O–H groups in total. The van der Waals surface area contributed by atoms with Crippen LogP contribution in [0.5, 0.6) is 0 Å². The van der Waals surface area contributed by atoms with Gasteiger partial charge in [0.25, 0.3) is 0 Å². The van der Waals surface area contributed by atoms with E-state index < -0.39 is 0 Å². The van der Waals surface area contributed by atoms with E-state index in [9.17, 15) is 9.18 Å². The van der Waals surface area contributed by atoms with Crippen molar-refractivity contribution in [3.63, 3.8) is 0 Å². The topological polar surface area (TPSA) is 23.6 Å². The molecule has 0 saturated carbocycles. The molecule has 102 valence electrons. The minimum Gasteiger partial charge on any atom is -0.324 e. The molecule has 2 amide bonds. The third kappa shape index (κ3) is 2.31. The number of likely N-dealkylation sites (tertiary alicyclic amines) is 2. The third-order valence-electron chi connectivity index (χ3n) is 4.19. The Kier molecular flexibility index (Phi) is 3.17. The van der Waals surface area contributed by atoms with Crippen molar-refractivity contribution in [3.05, 3.63) is 35.6 Å². The average molecular weight is 262 g/mol. The first-order chi connectivity index (χ1) is 9.15. The molecule has 2 heterocycles. The summed E-state index contributed by atoms with van der Waals surface area (Å²) < 4.78 is 13.6. The Morgan fingerprint density at radius 2 is 1.95 bits per heavy atom. The number of hydrogen-bond donors (Lipinski definition) is 0. The molecule has 3 nitrogen and oxygen atoms in total. The van der Waals surface area contributed by atoms with Gasteiger partial charge in [0.2, 0.25) is 0 Å². The largest absolute Gasteiger partial charge is 0.324 e. The van der Waals surface area contributed by atoms with Crippen molar-refractivity contribution in [2.45, 2.75) is 19.3 Å². The summed E-state index contributed by atoms with van der Waals surface area (Å²) in [5, 5.41) is 0. The fourth-order valence-corrected chi connectivity index (χ4v) is 2.95. The monoisotopic (exact) mass is 262 g/mol. The number of carbonyl (C=O) groups excluding carboxylic acids is 1. The Balaban J connectivity index is 1.58. The summed E-state index contributed by atoms with van der Waals surface area (Å²) in [7, 11) is 0. The second-order valence-corrected chi connectivity index (χ2v) is 5.75.